The van der Waals surface area contributed by atoms with Gasteiger partial charge in [0, 0.05) is 6.54 Å². The van der Waals surface area contributed by atoms with Gasteiger partial charge in [-0.3, -0.25) is 9.69 Å². The van der Waals surface area contributed by atoms with Crippen LogP contribution in [0.5, 0.6) is 0 Å². The van der Waals surface area contributed by atoms with Gasteiger partial charge in [0.2, 0.25) is 0 Å². The van der Waals surface area contributed by atoms with Crippen LogP contribution in [0.25, 0.3) is 9.88 Å². The molecule has 1 aliphatic heterocycles. The van der Waals surface area contributed by atoms with Crippen molar-refractivity contribution < 1.29 is 4.79 Å². The van der Waals surface area contributed by atoms with E-state index in [1.165, 1.54) is 29.7 Å². The molecule has 3 heterocycles. The predicted octanol–water partition coefficient (Wildman–Crippen LogP) is 4.44. The average Bonchev–Trinajstić information content (AvgIpc) is 3.43. The van der Waals surface area contributed by atoms with Crippen molar-refractivity contribution in [2.24, 2.45) is 0 Å². The molecule has 1 atom stereocenters. The van der Waals surface area contributed by atoms with E-state index in [1.807, 2.05) is 23.6 Å². The number of nitrogens with one attached hydrogen (secondary N) is 1. The highest BCUT2D eigenvalue weighted by molar-refractivity contribution is 7.21. The number of carbonyl (C=O) groups is 1. The molecule has 0 spiro atoms. The highest BCUT2D eigenvalue weighted by Gasteiger charge is 2.24. The molecule has 1 unspecified atom stereocenters. The fourth-order valence-electron chi connectivity index (χ4n) is 3.36. The van der Waals surface area contributed by atoms with E-state index in [2.05, 4.69) is 39.5 Å². The van der Waals surface area contributed by atoms with Crippen molar-refractivity contribution in [2.75, 3.05) is 19.6 Å². The van der Waals surface area contributed by atoms with Crippen molar-refractivity contribution in [3.63, 3.8) is 0 Å². The summed E-state index contributed by atoms with van der Waals surface area (Å²) in [7, 11) is 0. The maximum absolute atomic E-state index is 12.6. The van der Waals surface area contributed by atoms with Gasteiger partial charge in [-0.1, -0.05) is 36.4 Å². The van der Waals surface area contributed by atoms with Crippen LogP contribution in [-0.2, 0) is 0 Å². The van der Waals surface area contributed by atoms with Crippen LogP contribution in [0.15, 0.2) is 54.0 Å². The molecular formula is C20H21N3OS2. The standard InChI is InChI=1S/C20H21N3OS2/c24-19(18-14-22-20(26-18)17-9-6-12-25-17)21-13-16(23-10-4-5-11-23)15-7-2-1-3-8-15/h1-3,6-9,12,14,16H,4-5,10-11,13H2,(H,21,24). The van der Waals surface area contributed by atoms with Crippen LogP contribution in [-0.4, -0.2) is 35.4 Å². The summed E-state index contributed by atoms with van der Waals surface area (Å²) in [6.45, 7) is 2.81. The first-order chi connectivity index (χ1) is 12.8. The monoisotopic (exact) mass is 383 g/mol. The van der Waals surface area contributed by atoms with Crippen LogP contribution >= 0.6 is 22.7 Å². The second-order valence-electron chi connectivity index (χ2n) is 6.39. The van der Waals surface area contributed by atoms with E-state index in [0.717, 1.165) is 23.0 Å². The Morgan fingerprint density at radius 2 is 1.96 bits per heavy atom. The lowest BCUT2D eigenvalue weighted by atomic mass is 10.1. The third-order valence-corrected chi connectivity index (χ3v) is 6.72. The fraction of sp³-hybridized carbons (Fsp3) is 0.300. The minimum atomic E-state index is -0.0366. The molecule has 1 saturated heterocycles. The van der Waals surface area contributed by atoms with Gasteiger partial charge in [-0.05, 0) is 42.9 Å². The number of thiazole rings is 1. The maximum atomic E-state index is 12.6. The zero-order valence-corrected chi connectivity index (χ0v) is 16.1. The minimum Gasteiger partial charge on any atom is -0.349 e. The molecule has 26 heavy (non-hydrogen) atoms. The number of thiophene rings is 1. The van der Waals surface area contributed by atoms with Gasteiger partial charge in [0.15, 0.2) is 0 Å². The lowest BCUT2D eigenvalue weighted by Crippen LogP contribution is -2.36. The Morgan fingerprint density at radius 3 is 2.69 bits per heavy atom. The molecule has 2 aromatic heterocycles. The number of amides is 1. The van der Waals surface area contributed by atoms with E-state index in [1.54, 1.807) is 17.5 Å². The largest absolute Gasteiger partial charge is 0.349 e. The molecule has 1 aromatic carbocycles. The summed E-state index contributed by atoms with van der Waals surface area (Å²) in [5.74, 6) is -0.0366. The van der Waals surface area contributed by atoms with Crippen LogP contribution < -0.4 is 5.32 Å². The normalized spacial score (nSPS) is 15.8. The van der Waals surface area contributed by atoms with Crippen molar-refractivity contribution >= 4 is 28.6 Å². The third kappa shape index (κ3) is 3.87. The smallest absolute Gasteiger partial charge is 0.263 e. The van der Waals surface area contributed by atoms with E-state index in [9.17, 15) is 4.79 Å². The molecule has 4 nitrogen and oxygen atoms in total. The highest BCUT2D eigenvalue weighted by Crippen LogP contribution is 2.29. The highest BCUT2D eigenvalue weighted by atomic mass is 32.1. The number of nitrogens with zero attached hydrogens (tertiary/aromatic N) is 2. The molecule has 1 amide bonds. The molecule has 6 heteroatoms. The quantitative estimate of drug-likeness (QED) is 0.684. The van der Waals surface area contributed by atoms with Gasteiger partial charge in [0.05, 0.1) is 17.1 Å². The van der Waals surface area contributed by atoms with Gasteiger partial charge in [0.1, 0.15) is 9.88 Å². The number of carbonyl (C=O) groups excluding carboxylic acids is 1. The molecule has 4 rings (SSSR count). The molecule has 0 radical (unpaired) electrons. The number of likely N-dealkylation sites (tertiary alicyclic amines) is 1. The molecule has 1 fully saturated rings. The van der Waals surface area contributed by atoms with Crippen molar-refractivity contribution in [3.8, 4) is 9.88 Å². The lowest BCUT2D eigenvalue weighted by molar-refractivity contribution is 0.0942. The van der Waals surface area contributed by atoms with Crippen LogP contribution in [0.3, 0.4) is 0 Å². The van der Waals surface area contributed by atoms with Crippen LogP contribution in [0.1, 0.15) is 34.1 Å². The first kappa shape index (κ1) is 17.4. The summed E-state index contributed by atoms with van der Waals surface area (Å²) in [5.41, 5.74) is 1.26. The topological polar surface area (TPSA) is 45.2 Å². The van der Waals surface area contributed by atoms with Gasteiger partial charge in [0.25, 0.3) is 5.91 Å². The van der Waals surface area contributed by atoms with E-state index >= 15 is 0 Å². The van der Waals surface area contributed by atoms with Crippen molar-refractivity contribution in [2.45, 2.75) is 18.9 Å². The second kappa shape index (κ2) is 8.12. The molecule has 0 saturated carbocycles. The number of hydrogen-bond acceptors (Lipinski definition) is 5. The molecule has 1 aliphatic rings. The molecule has 3 aromatic rings. The molecule has 0 bridgehead atoms. The Balaban J connectivity index is 1.44. The Hall–Kier alpha value is -2.02. The van der Waals surface area contributed by atoms with E-state index in [4.69, 9.17) is 0 Å². The maximum Gasteiger partial charge on any atom is 0.263 e. The molecular weight excluding hydrogens is 362 g/mol. The van der Waals surface area contributed by atoms with E-state index < -0.39 is 0 Å². The zero-order chi connectivity index (χ0) is 17.8. The summed E-state index contributed by atoms with van der Waals surface area (Å²) in [6.07, 6.45) is 4.15. The molecule has 1 N–H and O–H groups in total. The van der Waals surface area contributed by atoms with Gasteiger partial charge < -0.3 is 5.32 Å². The number of rotatable bonds is 6. The summed E-state index contributed by atoms with van der Waals surface area (Å²) >= 11 is 3.10. The van der Waals surface area contributed by atoms with Crippen LogP contribution in [0.2, 0.25) is 0 Å². The summed E-state index contributed by atoms with van der Waals surface area (Å²) in [6, 6.07) is 14.7. The molecule has 134 valence electrons. The Bertz CT molecular complexity index is 839. The second-order valence-corrected chi connectivity index (χ2v) is 8.36. The Morgan fingerprint density at radius 1 is 1.15 bits per heavy atom. The van der Waals surface area contributed by atoms with E-state index in [0.29, 0.717) is 11.4 Å². The van der Waals surface area contributed by atoms with Crippen LogP contribution in [0, 0.1) is 0 Å². The van der Waals surface area contributed by atoms with Gasteiger partial charge in [-0.25, -0.2) is 4.98 Å². The Kier molecular flexibility index (Phi) is 5.43. The van der Waals surface area contributed by atoms with Crippen molar-refractivity contribution in [3.05, 3.63) is 64.5 Å². The van der Waals surface area contributed by atoms with Crippen LogP contribution in [0.4, 0.5) is 0 Å². The number of benzene rings is 1. The third-order valence-electron chi connectivity index (χ3n) is 4.68. The SMILES string of the molecule is O=C(NCC(c1ccccc1)N1CCCC1)c1cnc(-c2cccs2)s1. The predicted molar refractivity (Wildman–Crippen MR) is 108 cm³/mol. The first-order valence-electron chi connectivity index (χ1n) is 8.88. The van der Waals surface area contributed by atoms with E-state index in [-0.39, 0.29) is 11.9 Å². The summed E-state index contributed by atoms with van der Waals surface area (Å²) in [5, 5.41) is 6.06. The lowest BCUT2D eigenvalue weighted by Gasteiger charge is -2.28. The van der Waals surface area contributed by atoms with Crippen molar-refractivity contribution in [1.82, 2.24) is 15.2 Å². The van der Waals surface area contributed by atoms with Crippen molar-refractivity contribution in [1.29, 1.82) is 0 Å². The van der Waals surface area contributed by atoms with Gasteiger partial charge >= 0.3 is 0 Å². The summed E-state index contributed by atoms with van der Waals surface area (Å²) < 4.78 is 0. The fourth-order valence-corrected chi connectivity index (χ4v) is 4.99. The zero-order valence-electron chi connectivity index (χ0n) is 14.4. The minimum absolute atomic E-state index is 0.0366. The number of hydrogen-bond donors (Lipinski definition) is 1. The van der Waals surface area contributed by atoms with Gasteiger partial charge in [-0.2, -0.15) is 0 Å². The number of aromatic nitrogens is 1. The average molecular weight is 384 g/mol. The first-order valence-corrected chi connectivity index (χ1v) is 10.6. The Labute approximate surface area is 161 Å². The summed E-state index contributed by atoms with van der Waals surface area (Å²) in [4.78, 5) is 21.3. The van der Waals surface area contributed by atoms with Gasteiger partial charge in [-0.15, -0.1) is 22.7 Å². The molecule has 0 aliphatic carbocycles.